The molecule has 2 atom stereocenters. The number of benzene rings is 3. The minimum atomic E-state index is -4.06. The van der Waals surface area contributed by atoms with Gasteiger partial charge in [-0.3, -0.25) is 4.79 Å². The molecule has 1 amide bonds. The molecule has 4 rings (SSSR count). The smallest absolute Gasteiger partial charge is 0.326 e. The predicted octanol–water partition coefficient (Wildman–Crippen LogP) is 6.18. The molecule has 2 N–H and O–H groups in total. The SMILES string of the molecule is O=C(N[C@@H](Cc1ccc(-c2ccc(Cl)cc2Cl)cc1)C(=O)O)C1CCCN(S(=O)(=O)c2c(Cl)cccc2Cl)C1. The van der Waals surface area contributed by atoms with Gasteiger partial charge in [-0.05, 0) is 48.2 Å². The van der Waals surface area contributed by atoms with Crippen molar-refractivity contribution in [3.8, 4) is 11.1 Å². The second-order valence-corrected chi connectivity index (χ2v) is 12.7. The second-order valence-electron chi connectivity index (χ2n) is 9.18. The third kappa shape index (κ3) is 6.88. The molecule has 206 valence electrons. The molecule has 12 heteroatoms. The summed E-state index contributed by atoms with van der Waals surface area (Å²) >= 11 is 24.5. The maximum Gasteiger partial charge on any atom is 0.326 e. The van der Waals surface area contributed by atoms with E-state index in [1.807, 2.05) is 12.1 Å². The first-order chi connectivity index (χ1) is 18.5. The third-order valence-electron chi connectivity index (χ3n) is 6.52. The molecule has 39 heavy (non-hydrogen) atoms. The average molecular weight is 630 g/mol. The predicted molar refractivity (Wildman–Crippen MR) is 153 cm³/mol. The molecule has 0 saturated carbocycles. The number of carboxylic acids is 1. The zero-order chi connectivity index (χ0) is 28.3. The van der Waals surface area contributed by atoms with E-state index in [1.165, 1.54) is 16.4 Å². The van der Waals surface area contributed by atoms with Crippen LogP contribution in [0.1, 0.15) is 18.4 Å². The van der Waals surface area contributed by atoms with E-state index in [1.54, 1.807) is 36.4 Å². The molecule has 0 aliphatic carbocycles. The van der Waals surface area contributed by atoms with Crippen LogP contribution in [0.2, 0.25) is 20.1 Å². The third-order valence-corrected chi connectivity index (χ3v) is 9.89. The van der Waals surface area contributed by atoms with E-state index < -0.39 is 33.9 Å². The average Bonchev–Trinajstić information content (AvgIpc) is 2.88. The number of carboxylic acid groups (broad SMARTS) is 1. The fourth-order valence-electron chi connectivity index (χ4n) is 4.50. The van der Waals surface area contributed by atoms with Gasteiger partial charge in [0.2, 0.25) is 15.9 Å². The quantitative estimate of drug-likeness (QED) is 0.310. The van der Waals surface area contributed by atoms with Crippen LogP contribution in [0.4, 0.5) is 0 Å². The van der Waals surface area contributed by atoms with Crippen LogP contribution in [-0.4, -0.2) is 48.8 Å². The number of amides is 1. The normalized spacial score (nSPS) is 17.0. The molecule has 0 radical (unpaired) electrons. The Morgan fingerprint density at radius 2 is 1.64 bits per heavy atom. The first kappa shape index (κ1) is 29.6. The monoisotopic (exact) mass is 628 g/mol. The number of rotatable bonds is 8. The Kier molecular flexibility index (Phi) is 9.47. The molecule has 1 aliphatic heterocycles. The fourth-order valence-corrected chi connectivity index (χ4v) is 7.63. The molecular formula is C27H24Cl4N2O5S. The molecule has 1 aliphatic rings. The summed E-state index contributed by atoms with van der Waals surface area (Å²) in [6, 6.07) is 15.5. The summed E-state index contributed by atoms with van der Waals surface area (Å²) in [6.45, 7) is 0.0820. The van der Waals surface area contributed by atoms with Gasteiger partial charge in [0, 0.05) is 35.1 Å². The van der Waals surface area contributed by atoms with Crippen molar-refractivity contribution in [1.82, 2.24) is 9.62 Å². The minimum Gasteiger partial charge on any atom is -0.480 e. The standard InChI is InChI=1S/C27H24Cl4N2O5S/c28-19-10-11-20(23(31)14-19)17-8-6-16(7-9-17)13-24(27(35)36)32-26(34)18-3-2-12-33(15-18)39(37,38)25-21(29)4-1-5-22(25)30/h1,4-11,14,18,24H,2-3,12-13,15H2,(H,32,34)(H,35,36)/t18?,24-/m0/s1. The topological polar surface area (TPSA) is 104 Å². The molecule has 7 nitrogen and oxygen atoms in total. The van der Waals surface area contributed by atoms with Crippen LogP contribution in [0.15, 0.2) is 65.6 Å². The minimum absolute atomic E-state index is 0.00984. The lowest BCUT2D eigenvalue weighted by Crippen LogP contribution is -2.50. The Morgan fingerprint density at radius 1 is 0.974 bits per heavy atom. The molecule has 0 bridgehead atoms. The Balaban J connectivity index is 1.44. The van der Waals surface area contributed by atoms with Gasteiger partial charge in [-0.15, -0.1) is 0 Å². The highest BCUT2D eigenvalue weighted by Gasteiger charge is 2.36. The summed E-state index contributed by atoms with van der Waals surface area (Å²) in [6.07, 6.45) is 0.877. The van der Waals surface area contributed by atoms with E-state index in [-0.39, 0.29) is 34.5 Å². The number of hydrogen-bond donors (Lipinski definition) is 2. The van der Waals surface area contributed by atoms with Crippen molar-refractivity contribution in [3.05, 3.63) is 86.3 Å². The lowest BCUT2D eigenvalue weighted by Gasteiger charge is -2.32. The lowest BCUT2D eigenvalue weighted by molar-refractivity contribution is -0.142. The summed E-state index contributed by atoms with van der Waals surface area (Å²) in [4.78, 5) is 24.9. The number of nitrogens with one attached hydrogen (secondary N) is 1. The fraction of sp³-hybridized carbons (Fsp3) is 0.259. The summed E-state index contributed by atoms with van der Waals surface area (Å²) in [7, 11) is -4.06. The maximum atomic E-state index is 13.3. The molecule has 3 aromatic carbocycles. The number of aliphatic carboxylic acids is 1. The van der Waals surface area contributed by atoms with Crippen LogP contribution < -0.4 is 5.32 Å². The zero-order valence-corrected chi connectivity index (χ0v) is 24.3. The van der Waals surface area contributed by atoms with E-state index in [0.29, 0.717) is 28.5 Å². The second kappa shape index (κ2) is 12.5. The van der Waals surface area contributed by atoms with Gasteiger partial charge in [0.05, 0.1) is 16.0 Å². The number of nitrogens with zero attached hydrogens (tertiary/aromatic N) is 1. The largest absolute Gasteiger partial charge is 0.480 e. The number of halogens is 4. The number of sulfonamides is 1. The van der Waals surface area contributed by atoms with Gasteiger partial charge >= 0.3 is 5.97 Å². The van der Waals surface area contributed by atoms with Gasteiger partial charge in [0.1, 0.15) is 10.9 Å². The van der Waals surface area contributed by atoms with Crippen molar-refractivity contribution in [3.63, 3.8) is 0 Å². The van der Waals surface area contributed by atoms with E-state index in [9.17, 15) is 23.1 Å². The van der Waals surface area contributed by atoms with Crippen molar-refractivity contribution in [1.29, 1.82) is 0 Å². The van der Waals surface area contributed by atoms with Crippen molar-refractivity contribution in [2.24, 2.45) is 5.92 Å². The molecule has 0 spiro atoms. The maximum absolute atomic E-state index is 13.3. The zero-order valence-electron chi connectivity index (χ0n) is 20.4. The van der Waals surface area contributed by atoms with Crippen molar-refractivity contribution in [2.75, 3.05) is 13.1 Å². The molecule has 1 unspecified atom stereocenters. The van der Waals surface area contributed by atoms with Crippen LogP contribution in [0.3, 0.4) is 0 Å². The van der Waals surface area contributed by atoms with Crippen LogP contribution in [0.25, 0.3) is 11.1 Å². The number of carbonyl (C=O) groups is 2. The van der Waals surface area contributed by atoms with Gasteiger partial charge < -0.3 is 10.4 Å². The van der Waals surface area contributed by atoms with Crippen molar-refractivity contribution in [2.45, 2.75) is 30.2 Å². The van der Waals surface area contributed by atoms with Gasteiger partial charge in [-0.2, -0.15) is 4.31 Å². The molecular weight excluding hydrogens is 606 g/mol. The van der Waals surface area contributed by atoms with Crippen LogP contribution in [0.5, 0.6) is 0 Å². The molecule has 1 heterocycles. The van der Waals surface area contributed by atoms with Crippen LogP contribution in [0, 0.1) is 5.92 Å². The summed E-state index contributed by atoms with van der Waals surface area (Å²) < 4.78 is 27.7. The van der Waals surface area contributed by atoms with E-state index in [2.05, 4.69) is 5.32 Å². The number of piperidine rings is 1. The van der Waals surface area contributed by atoms with E-state index >= 15 is 0 Å². The van der Waals surface area contributed by atoms with Crippen molar-refractivity contribution < 1.29 is 23.1 Å². The molecule has 1 saturated heterocycles. The summed E-state index contributed by atoms with van der Waals surface area (Å²) in [5.41, 5.74) is 2.31. The van der Waals surface area contributed by atoms with Gasteiger partial charge in [0.25, 0.3) is 0 Å². The molecule has 3 aromatic rings. The Hall–Kier alpha value is -2.33. The summed E-state index contributed by atoms with van der Waals surface area (Å²) in [5.74, 6) is -2.46. The van der Waals surface area contributed by atoms with E-state index in [4.69, 9.17) is 46.4 Å². The van der Waals surface area contributed by atoms with E-state index in [0.717, 1.165) is 11.1 Å². The number of carbonyl (C=O) groups excluding carboxylic acids is 1. The number of hydrogen-bond acceptors (Lipinski definition) is 4. The lowest BCUT2D eigenvalue weighted by atomic mass is 9.97. The van der Waals surface area contributed by atoms with Gasteiger partial charge in [0.15, 0.2) is 0 Å². The molecule has 0 aromatic heterocycles. The highest BCUT2D eigenvalue weighted by atomic mass is 35.5. The van der Waals surface area contributed by atoms with Gasteiger partial charge in [-0.1, -0.05) is 82.8 Å². The first-order valence-corrected chi connectivity index (χ1v) is 14.9. The van der Waals surface area contributed by atoms with Crippen LogP contribution >= 0.6 is 46.4 Å². The highest BCUT2D eigenvalue weighted by Crippen LogP contribution is 2.34. The Labute approximate surface area is 246 Å². The highest BCUT2D eigenvalue weighted by molar-refractivity contribution is 7.89. The Morgan fingerprint density at radius 3 is 2.26 bits per heavy atom. The summed E-state index contributed by atoms with van der Waals surface area (Å²) in [5, 5.41) is 13.4. The van der Waals surface area contributed by atoms with Crippen molar-refractivity contribution >= 4 is 68.3 Å². The van der Waals surface area contributed by atoms with Gasteiger partial charge in [-0.25, -0.2) is 13.2 Å². The first-order valence-electron chi connectivity index (χ1n) is 12.0. The van der Waals surface area contributed by atoms with Crippen LogP contribution in [-0.2, 0) is 26.0 Å². The molecule has 1 fully saturated rings. The Bertz CT molecular complexity index is 1480.